The molecule has 0 radical (unpaired) electrons. The quantitative estimate of drug-likeness (QED) is 0.782. The fourth-order valence-corrected chi connectivity index (χ4v) is 2.36. The van der Waals surface area contributed by atoms with Crippen LogP contribution in [0, 0.1) is 0 Å². The lowest BCUT2D eigenvalue weighted by Crippen LogP contribution is -2.33. The third-order valence-corrected chi connectivity index (χ3v) is 3.14. The van der Waals surface area contributed by atoms with Crippen LogP contribution in [0.15, 0.2) is 36.7 Å². The molecule has 0 atom stereocenters. The molecule has 3 heterocycles. The summed E-state index contributed by atoms with van der Waals surface area (Å²) in [5.74, 6) is 1.31. The Bertz CT molecular complexity index is 556. The van der Waals surface area contributed by atoms with E-state index < -0.39 is 0 Å². The lowest BCUT2D eigenvalue weighted by Gasteiger charge is -2.36. The molecule has 0 fully saturated rings. The van der Waals surface area contributed by atoms with E-state index in [1.54, 1.807) is 34.3 Å². The van der Waals surface area contributed by atoms with Crippen LogP contribution in [0.3, 0.4) is 0 Å². The summed E-state index contributed by atoms with van der Waals surface area (Å²) in [6, 6.07) is 7.32. The number of aldehydes is 2. The van der Waals surface area contributed by atoms with Crippen LogP contribution in [0.2, 0.25) is 0 Å². The van der Waals surface area contributed by atoms with E-state index in [-0.39, 0.29) is 13.1 Å². The van der Waals surface area contributed by atoms with Crippen molar-refractivity contribution >= 4 is 35.6 Å². The van der Waals surface area contributed by atoms with Gasteiger partial charge in [-0.15, -0.1) is 0 Å². The van der Waals surface area contributed by atoms with Gasteiger partial charge in [0.15, 0.2) is 11.6 Å². The normalized spacial score (nSPS) is 12.6. The molecule has 0 bridgehead atoms. The molecule has 1 aliphatic heterocycles. The Morgan fingerprint density at radius 2 is 1.30 bits per heavy atom. The van der Waals surface area contributed by atoms with Crippen molar-refractivity contribution in [3.63, 3.8) is 0 Å². The molecular weight excluding hydrogens is 256 g/mol. The SMILES string of the molecule is O=CCN1c2cccnc2N(CC=O)c2cccnc21. The van der Waals surface area contributed by atoms with Gasteiger partial charge in [-0.2, -0.15) is 0 Å². The largest absolute Gasteiger partial charge is 0.314 e. The maximum absolute atomic E-state index is 10.9. The van der Waals surface area contributed by atoms with Crippen LogP contribution in [0.1, 0.15) is 0 Å². The molecule has 0 saturated carbocycles. The van der Waals surface area contributed by atoms with Crippen LogP contribution in [-0.4, -0.2) is 35.6 Å². The van der Waals surface area contributed by atoms with Gasteiger partial charge in [-0.25, -0.2) is 9.97 Å². The number of hydrogen-bond donors (Lipinski definition) is 0. The zero-order valence-corrected chi connectivity index (χ0v) is 10.6. The van der Waals surface area contributed by atoms with Crippen LogP contribution in [0.5, 0.6) is 0 Å². The predicted octanol–water partition coefficient (Wildman–Crippen LogP) is 1.46. The smallest absolute Gasteiger partial charge is 0.157 e. The van der Waals surface area contributed by atoms with Gasteiger partial charge in [0.2, 0.25) is 0 Å². The van der Waals surface area contributed by atoms with Crippen LogP contribution >= 0.6 is 0 Å². The van der Waals surface area contributed by atoms with Crippen LogP contribution in [0.4, 0.5) is 23.0 Å². The highest BCUT2D eigenvalue weighted by atomic mass is 16.1. The second-order valence-electron chi connectivity index (χ2n) is 4.25. The standard InChI is InChI=1S/C14H12N4O2/c19-9-7-17-11-3-1-5-15-13(11)18(8-10-20)12-4-2-6-16-14(12)17/h1-6,9-10H,7-8H2. The highest BCUT2D eigenvalue weighted by Gasteiger charge is 2.29. The minimum absolute atomic E-state index is 0.192. The van der Waals surface area contributed by atoms with Crippen molar-refractivity contribution in [2.45, 2.75) is 0 Å². The number of rotatable bonds is 4. The lowest BCUT2D eigenvalue weighted by atomic mass is 10.2. The van der Waals surface area contributed by atoms with Crippen molar-refractivity contribution in [1.29, 1.82) is 0 Å². The highest BCUT2D eigenvalue weighted by molar-refractivity contribution is 5.92. The average molecular weight is 268 g/mol. The summed E-state index contributed by atoms with van der Waals surface area (Å²) in [6.45, 7) is 0.384. The summed E-state index contributed by atoms with van der Waals surface area (Å²) in [6.07, 6.45) is 4.98. The Balaban J connectivity index is 2.21. The Morgan fingerprint density at radius 1 is 0.850 bits per heavy atom. The van der Waals surface area contributed by atoms with E-state index in [0.29, 0.717) is 11.6 Å². The molecule has 2 aromatic rings. The summed E-state index contributed by atoms with van der Waals surface area (Å²) in [4.78, 5) is 34.1. The molecule has 20 heavy (non-hydrogen) atoms. The Kier molecular flexibility index (Phi) is 3.12. The predicted molar refractivity (Wildman–Crippen MR) is 74.6 cm³/mol. The van der Waals surface area contributed by atoms with Gasteiger partial charge in [0.05, 0.1) is 24.5 Å². The molecule has 6 heteroatoms. The number of hydrogen-bond acceptors (Lipinski definition) is 6. The topological polar surface area (TPSA) is 66.4 Å². The van der Waals surface area contributed by atoms with Crippen molar-refractivity contribution in [3.05, 3.63) is 36.7 Å². The molecule has 3 rings (SSSR count). The number of nitrogens with zero attached hydrogens (tertiary/aromatic N) is 4. The molecule has 0 N–H and O–H groups in total. The van der Waals surface area contributed by atoms with E-state index in [2.05, 4.69) is 9.97 Å². The van der Waals surface area contributed by atoms with Crippen LogP contribution in [-0.2, 0) is 9.59 Å². The molecule has 0 spiro atoms. The van der Waals surface area contributed by atoms with Gasteiger partial charge in [0, 0.05) is 12.4 Å². The minimum atomic E-state index is 0.192. The second-order valence-corrected chi connectivity index (χ2v) is 4.25. The van der Waals surface area contributed by atoms with Gasteiger partial charge in [0.1, 0.15) is 12.6 Å². The average Bonchev–Trinajstić information content (AvgIpc) is 2.50. The molecule has 0 unspecified atom stereocenters. The van der Waals surface area contributed by atoms with Gasteiger partial charge in [-0.1, -0.05) is 0 Å². The summed E-state index contributed by atoms with van der Waals surface area (Å²) < 4.78 is 0. The third kappa shape index (κ3) is 1.82. The first-order chi connectivity index (χ1) is 9.86. The molecule has 6 nitrogen and oxygen atoms in total. The summed E-state index contributed by atoms with van der Waals surface area (Å²) >= 11 is 0. The molecule has 1 aliphatic rings. The van der Waals surface area contributed by atoms with Crippen molar-refractivity contribution in [2.75, 3.05) is 22.9 Å². The first-order valence-electron chi connectivity index (χ1n) is 6.19. The Morgan fingerprint density at radius 3 is 1.70 bits per heavy atom. The molecule has 0 saturated heterocycles. The zero-order chi connectivity index (χ0) is 13.9. The Labute approximate surface area is 115 Å². The monoisotopic (exact) mass is 268 g/mol. The van der Waals surface area contributed by atoms with Gasteiger partial charge < -0.3 is 19.4 Å². The first kappa shape index (κ1) is 12.3. The van der Waals surface area contributed by atoms with E-state index in [1.165, 1.54) is 0 Å². The van der Waals surface area contributed by atoms with E-state index in [0.717, 1.165) is 23.9 Å². The third-order valence-electron chi connectivity index (χ3n) is 3.14. The fraction of sp³-hybridized carbons (Fsp3) is 0.143. The van der Waals surface area contributed by atoms with Gasteiger partial charge in [0.25, 0.3) is 0 Å². The number of anilines is 4. The van der Waals surface area contributed by atoms with E-state index in [9.17, 15) is 9.59 Å². The summed E-state index contributed by atoms with van der Waals surface area (Å²) in [5.41, 5.74) is 1.54. The van der Waals surface area contributed by atoms with Crippen molar-refractivity contribution in [3.8, 4) is 0 Å². The molecule has 0 aliphatic carbocycles. The van der Waals surface area contributed by atoms with E-state index >= 15 is 0 Å². The van der Waals surface area contributed by atoms with Gasteiger partial charge in [-0.3, -0.25) is 0 Å². The lowest BCUT2D eigenvalue weighted by molar-refractivity contribution is -0.107. The number of pyridine rings is 2. The number of carbonyl (C=O) groups excluding carboxylic acids is 2. The maximum Gasteiger partial charge on any atom is 0.157 e. The molecular formula is C14H12N4O2. The van der Waals surface area contributed by atoms with Gasteiger partial charge in [-0.05, 0) is 24.3 Å². The van der Waals surface area contributed by atoms with Crippen molar-refractivity contribution in [1.82, 2.24) is 9.97 Å². The molecule has 2 aromatic heterocycles. The van der Waals surface area contributed by atoms with E-state index in [4.69, 9.17) is 0 Å². The molecule has 0 amide bonds. The highest BCUT2D eigenvalue weighted by Crippen LogP contribution is 2.44. The number of fused-ring (bicyclic) bond motifs is 2. The molecule has 0 aromatic carbocycles. The molecule has 100 valence electrons. The first-order valence-corrected chi connectivity index (χ1v) is 6.19. The summed E-state index contributed by atoms with van der Waals surface area (Å²) in [5, 5.41) is 0. The fourth-order valence-electron chi connectivity index (χ4n) is 2.36. The van der Waals surface area contributed by atoms with Crippen molar-refractivity contribution < 1.29 is 9.59 Å². The van der Waals surface area contributed by atoms with Gasteiger partial charge >= 0.3 is 0 Å². The Hall–Kier alpha value is -2.76. The van der Waals surface area contributed by atoms with Crippen LogP contribution in [0.25, 0.3) is 0 Å². The van der Waals surface area contributed by atoms with Crippen molar-refractivity contribution in [2.24, 2.45) is 0 Å². The number of carbonyl (C=O) groups is 2. The minimum Gasteiger partial charge on any atom is -0.314 e. The summed E-state index contributed by atoms with van der Waals surface area (Å²) in [7, 11) is 0. The second kappa shape index (κ2) is 5.08. The maximum atomic E-state index is 10.9. The zero-order valence-electron chi connectivity index (χ0n) is 10.6. The van der Waals surface area contributed by atoms with E-state index in [1.807, 2.05) is 12.1 Å². The number of aromatic nitrogens is 2. The van der Waals surface area contributed by atoms with Crippen LogP contribution < -0.4 is 9.80 Å².